The van der Waals surface area contributed by atoms with E-state index in [2.05, 4.69) is 24.3 Å². The number of methoxy groups -OCH3 is 1. The molecule has 0 amide bonds. The number of nitrogens with two attached hydrogens (primary N) is 1. The Morgan fingerprint density at radius 2 is 2.21 bits per heavy atom. The fourth-order valence-corrected chi connectivity index (χ4v) is 1.15. The molecule has 5 nitrogen and oxygen atoms in total. The molecule has 0 atom stereocenters. The van der Waals surface area contributed by atoms with E-state index in [-0.39, 0.29) is 0 Å². The maximum absolute atomic E-state index is 5.37. The molecular formula is C9H22N4O. The maximum atomic E-state index is 5.37. The number of hydrogen-bond acceptors (Lipinski definition) is 3. The van der Waals surface area contributed by atoms with Crippen LogP contribution in [0.1, 0.15) is 13.8 Å². The molecule has 3 N–H and O–H groups in total. The molecule has 0 saturated carbocycles. The second-order valence-electron chi connectivity index (χ2n) is 3.62. The Morgan fingerprint density at radius 3 is 2.64 bits per heavy atom. The Balaban J connectivity index is 4.03. The third-order valence-corrected chi connectivity index (χ3v) is 1.69. The van der Waals surface area contributed by atoms with Gasteiger partial charge >= 0.3 is 0 Å². The minimum Gasteiger partial charge on any atom is -0.383 e. The first-order valence-corrected chi connectivity index (χ1v) is 4.83. The van der Waals surface area contributed by atoms with E-state index in [0.29, 0.717) is 25.0 Å². The van der Waals surface area contributed by atoms with E-state index < -0.39 is 0 Å². The summed E-state index contributed by atoms with van der Waals surface area (Å²) in [6.07, 6.45) is 0. The first kappa shape index (κ1) is 13.2. The van der Waals surface area contributed by atoms with Gasteiger partial charge in [-0.25, -0.2) is 10.8 Å². The molecule has 0 unspecified atom stereocenters. The van der Waals surface area contributed by atoms with Gasteiger partial charge in [0.1, 0.15) is 0 Å². The van der Waals surface area contributed by atoms with Crippen molar-refractivity contribution >= 4 is 5.96 Å². The van der Waals surface area contributed by atoms with Crippen LogP contribution in [-0.2, 0) is 4.74 Å². The van der Waals surface area contributed by atoms with E-state index in [4.69, 9.17) is 10.6 Å². The second-order valence-corrected chi connectivity index (χ2v) is 3.62. The van der Waals surface area contributed by atoms with Crippen molar-refractivity contribution < 1.29 is 4.74 Å². The third kappa shape index (κ3) is 5.77. The number of nitrogens with one attached hydrogen (secondary N) is 1. The van der Waals surface area contributed by atoms with Crippen molar-refractivity contribution in [3.8, 4) is 0 Å². The van der Waals surface area contributed by atoms with Crippen LogP contribution in [0.15, 0.2) is 4.99 Å². The predicted molar refractivity (Wildman–Crippen MR) is 59.0 cm³/mol. The lowest BCUT2D eigenvalue weighted by molar-refractivity contribution is 0.207. The van der Waals surface area contributed by atoms with Gasteiger partial charge in [0.2, 0.25) is 5.96 Å². The van der Waals surface area contributed by atoms with Gasteiger partial charge in [-0.2, -0.15) is 0 Å². The van der Waals surface area contributed by atoms with Crippen LogP contribution in [0.25, 0.3) is 0 Å². The van der Waals surface area contributed by atoms with Crippen molar-refractivity contribution in [2.45, 2.75) is 13.8 Å². The highest BCUT2D eigenvalue weighted by molar-refractivity contribution is 5.79. The largest absolute Gasteiger partial charge is 0.383 e. The normalized spacial score (nSPS) is 12.0. The molecule has 0 aliphatic heterocycles. The van der Waals surface area contributed by atoms with Crippen LogP contribution in [0.3, 0.4) is 0 Å². The minimum absolute atomic E-state index is 0.584. The standard InChI is InChI=1S/C9H22N4O/c1-8(2)7-13(3)9(12-10)11-5-6-14-4/h8H,5-7,10H2,1-4H3,(H,11,12). The zero-order chi connectivity index (χ0) is 11.0. The molecular weight excluding hydrogens is 180 g/mol. The van der Waals surface area contributed by atoms with Crippen molar-refractivity contribution in [1.82, 2.24) is 10.3 Å². The lowest BCUT2D eigenvalue weighted by atomic mass is 10.2. The highest BCUT2D eigenvalue weighted by Crippen LogP contribution is 1.95. The van der Waals surface area contributed by atoms with Gasteiger partial charge in [-0.15, -0.1) is 0 Å². The van der Waals surface area contributed by atoms with Crippen molar-refractivity contribution in [3.63, 3.8) is 0 Å². The van der Waals surface area contributed by atoms with E-state index in [9.17, 15) is 0 Å². The van der Waals surface area contributed by atoms with Gasteiger partial charge in [0.25, 0.3) is 0 Å². The minimum atomic E-state index is 0.584. The Labute approximate surface area is 86.3 Å². The lowest BCUT2D eigenvalue weighted by Crippen LogP contribution is -2.44. The fourth-order valence-electron chi connectivity index (χ4n) is 1.15. The summed E-state index contributed by atoms with van der Waals surface area (Å²) in [5.74, 6) is 6.66. The van der Waals surface area contributed by atoms with Gasteiger partial charge in [0, 0.05) is 20.7 Å². The molecule has 0 heterocycles. The van der Waals surface area contributed by atoms with Crippen LogP contribution in [0, 0.1) is 5.92 Å². The van der Waals surface area contributed by atoms with E-state index >= 15 is 0 Å². The van der Waals surface area contributed by atoms with E-state index in [1.54, 1.807) is 7.11 Å². The molecule has 0 aromatic heterocycles. The summed E-state index contributed by atoms with van der Waals surface area (Å²) in [7, 11) is 3.62. The zero-order valence-electron chi connectivity index (χ0n) is 9.58. The van der Waals surface area contributed by atoms with Crippen molar-refractivity contribution in [2.75, 3.05) is 33.9 Å². The smallest absolute Gasteiger partial charge is 0.208 e. The van der Waals surface area contributed by atoms with Gasteiger partial charge in [-0.1, -0.05) is 13.8 Å². The summed E-state index contributed by atoms with van der Waals surface area (Å²) in [5.41, 5.74) is 2.59. The Bertz CT molecular complexity index is 170. The third-order valence-electron chi connectivity index (χ3n) is 1.69. The molecule has 0 radical (unpaired) electrons. The lowest BCUT2D eigenvalue weighted by Gasteiger charge is -2.22. The van der Waals surface area contributed by atoms with Crippen molar-refractivity contribution in [1.29, 1.82) is 0 Å². The van der Waals surface area contributed by atoms with Crippen molar-refractivity contribution in [3.05, 3.63) is 0 Å². The quantitative estimate of drug-likeness (QED) is 0.217. The molecule has 0 fully saturated rings. The number of aliphatic imine (C=N–C) groups is 1. The van der Waals surface area contributed by atoms with Gasteiger partial charge in [-0.3, -0.25) is 5.43 Å². The zero-order valence-corrected chi connectivity index (χ0v) is 9.58. The Kier molecular flexibility index (Phi) is 7.14. The Hall–Kier alpha value is -0.810. The Morgan fingerprint density at radius 1 is 1.57 bits per heavy atom. The first-order valence-electron chi connectivity index (χ1n) is 4.83. The summed E-state index contributed by atoms with van der Waals surface area (Å²) >= 11 is 0. The highest BCUT2D eigenvalue weighted by atomic mass is 16.5. The molecule has 0 rings (SSSR count). The van der Waals surface area contributed by atoms with Gasteiger partial charge in [-0.05, 0) is 5.92 Å². The molecule has 5 heteroatoms. The molecule has 14 heavy (non-hydrogen) atoms. The number of rotatable bonds is 5. The summed E-state index contributed by atoms with van der Waals surface area (Å²) < 4.78 is 4.90. The molecule has 0 aromatic rings. The van der Waals surface area contributed by atoms with Gasteiger partial charge < -0.3 is 9.64 Å². The predicted octanol–water partition coefficient (Wildman–Crippen LogP) is 0.0399. The van der Waals surface area contributed by atoms with Gasteiger partial charge in [0.15, 0.2) is 0 Å². The van der Waals surface area contributed by atoms with E-state index in [1.165, 1.54) is 0 Å². The fraction of sp³-hybridized carbons (Fsp3) is 0.889. The van der Waals surface area contributed by atoms with E-state index in [1.807, 2.05) is 11.9 Å². The number of hydrogen-bond donors (Lipinski definition) is 2. The SMILES string of the molecule is COCCN=C(NN)N(C)CC(C)C. The van der Waals surface area contributed by atoms with Crippen LogP contribution in [0.5, 0.6) is 0 Å². The molecule has 0 aromatic carbocycles. The molecule has 0 aliphatic carbocycles. The van der Waals surface area contributed by atoms with E-state index in [0.717, 1.165) is 6.54 Å². The monoisotopic (exact) mass is 202 g/mol. The molecule has 0 saturated heterocycles. The number of nitrogens with zero attached hydrogens (tertiary/aromatic N) is 2. The van der Waals surface area contributed by atoms with Crippen molar-refractivity contribution in [2.24, 2.45) is 16.8 Å². The summed E-state index contributed by atoms with van der Waals surface area (Å²) in [5, 5.41) is 0. The number of ether oxygens (including phenoxy) is 1. The molecule has 0 aliphatic rings. The summed E-state index contributed by atoms with van der Waals surface area (Å²) in [6.45, 7) is 6.47. The number of guanidine groups is 1. The molecule has 0 spiro atoms. The van der Waals surface area contributed by atoms with Gasteiger partial charge in [0.05, 0.1) is 13.2 Å². The average Bonchev–Trinajstić information content (AvgIpc) is 2.11. The number of hydrazine groups is 1. The molecule has 84 valence electrons. The van der Waals surface area contributed by atoms with Crippen LogP contribution >= 0.6 is 0 Å². The second kappa shape index (κ2) is 7.58. The van der Waals surface area contributed by atoms with Crippen LogP contribution in [-0.4, -0.2) is 44.7 Å². The molecule has 0 bridgehead atoms. The summed E-state index contributed by atoms with van der Waals surface area (Å²) in [6, 6.07) is 0. The average molecular weight is 202 g/mol. The first-order chi connectivity index (χ1) is 6.61. The van der Waals surface area contributed by atoms with Crippen LogP contribution in [0.2, 0.25) is 0 Å². The topological polar surface area (TPSA) is 62.9 Å². The summed E-state index contributed by atoms with van der Waals surface area (Å²) in [4.78, 5) is 6.27. The van der Waals surface area contributed by atoms with Crippen LogP contribution < -0.4 is 11.3 Å². The van der Waals surface area contributed by atoms with Crippen LogP contribution in [0.4, 0.5) is 0 Å². The maximum Gasteiger partial charge on any atom is 0.208 e. The highest BCUT2D eigenvalue weighted by Gasteiger charge is 2.05.